The minimum Gasteiger partial charge on any atom is -0.399 e. The molecule has 0 amide bonds. The first-order chi connectivity index (χ1) is 13.0. The lowest BCUT2D eigenvalue weighted by atomic mass is 9.86. The third kappa shape index (κ3) is 5.27. The van der Waals surface area contributed by atoms with Crippen LogP contribution < -0.4 is 22.1 Å². The summed E-state index contributed by atoms with van der Waals surface area (Å²) in [5, 5.41) is 17.5. The summed E-state index contributed by atoms with van der Waals surface area (Å²) in [5.74, 6) is 1.03. The van der Waals surface area contributed by atoms with Gasteiger partial charge >= 0.3 is 5.69 Å². The lowest BCUT2D eigenvalue weighted by Crippen LogP contribution is -2.29. The number of nitro groups is 1. The first kappa shape index (κ1) is 18.8. The lowest BCUT2D eigenvalue weighted by molar-refractivity contribution is -0.384. The molecule has 0 atom stereocenters. The first-order valence-electron chi connectivity index (χ1n) is 9.10. The Morgan fingerprint density at radius 2 is 1.85 bits per heavy atom. The highest BCUT2D eigenvalue weighted by atomic mass is 16.6. The van der Waals surface area contributed by atoms with Crippen molar-refractivity contribution < 1.29 is 4.92 Å². The molecule has 0 aliphatic heterocycles. The highest BCUT2D eigenvalue weighted by Crippen LogP contribution is 2.26. The number of nitrogens with one attached hydrogen (secondary N) is 2. The molecule has 1 aromatic heterocycles. The Balaban J connectivity index is 1.64. The van der Waals surface area contributed by atoms with E-state index in [9.17, 15) is 10.1 Å². The fourth-order valence-corrected chi connectivity index (χ4v) is 3.17. The van der Waals surface area contributed by atoms with Gasteiger partial charge in [0.1, 0.15) is 6.20 Å². The lowest BCUT2D eigenvalue weighted by Gasteiger charge is -2.26. The monoisotopic (exact) mass is 371 g/mol. The van der Waals surface area contributed by atoms with E-state index in [0.717, 1.165) is 31.2 Å². The molecule has 0 unspecified atom stereocenters. The van der Waals surface area contributed by atoms with Gasteiger partial charge < -0.3 is 22.1 Å². The predicted molar refractivity (Wildman–Crippen MR) is 105 cm³/mol. The Labute approximate surface area is 157 Å². The summed E-state index contributed by atoms with van der Waals surface area (Å²) in [6.07, 6.45) is 5.27. The summed E-state index contributed by atoms with van der Waals surface area (Å²) in [6, 6.07) is 7.72. The van der Waals surface area contributed by atoms with Gasteiger partial charge in [0, 0.05) is 24.8 Å². The maximum atomic E-state index is 11.3. The molecule has 3 rings (SSSR count). The molecule has 1 aliphatic rings. The molecule has 0 radical (unpaired) electrons. The van der Waals surface area contributed by atoms with E-state index in [1.54, 1.807) is 0 Å². The Kier molecular flexibility index (Phi) is 6.02. The van der Waals surface area contributed by atoms with Crippen LogP contribution >= 0.6 is 0 Å². The highest BCUT2D eigenvalue weighted by Gasteiger charge is 2.21. The van der Waals surface area contributed by atoms with Crippen molar-refractivity contribution >= 4 is 23.1 Å². The smallest absolute Gasteiger partial charge is 0.329 e. The molecule has 6 N–H and O–H groups in total. The SMILES string of the molecule is Nc1ccc(CNc2ncc([N+](=O)[O-])c(NC[C@H]3CC[C@H](N)CC3)n2)cc1. The third-order valence-electron chi connectivity index (χ3n) is 4.85. The van der Waals surface area contributed by atoms with Crippen LogP contribution in [-0.2, 0) is 6.54 Å². The molecule has 0 saturated heterocycles. The second-order valence-electron chi connectivity index (χ2n) is 6.94. The van der Waals surface area contributed by atoms with E-state index >= 15 is 0 Å². The number of aromatic nitrogens is 2. The van der Waals surface area contributed by atoms with Gasteiger partial charge in [0.25, 0.3) is 0 Å². The molecule has 1 saturated carbocycles. The van der Waals surface area contributed by atoms with Gasteiger partial charge in [0.15, 0.2) is 0 Å². The topological polar surface area (TPSA) is 145 Å². The molecule has 0 bridgehead atoms. The van der Waals surface area contributed by atoms with Gasteiger partial charge in [-0.05, 0) is 49.3 Å². The van der Waals surface area contributed by atoms with Crippen LogP contribution in [0.25, 0.3) is 0 Å². The van der Waals surface area contributed by atoms with Crippen molar-refractivity contribution in [3.8, 4) is 0 Å². The van der Waals surface area contributed by atoms with Crippen LogP contribution in [0.3, 0.4) is 0 Å². The van der Waals surface area contributed by atoms with Crippen molar-refractivity contribution in [1.82, 2.24) is 9.97 Å². The standard InChI is InChI=1S/C18H25N7O2/c19-14-5-1-12(2-6-14)9-21-17-16(25(26)27)11-23-18(24-17)22-10-13-3-7-15(20)8-4-13/h3-4,7-8,11-12,14H,1-2,5-6,9-10,19-20H2,(H2,21,22,23,24)/t12-,14-. The third-order valence-corrected chi connectivity index (χ3v) is 4.85. The Morgan fingerprint density at radius 3 is 2.52 bits per heavy atom. The second-order valence-corrected chi connectivity index (χ2v) is 6.94. The zero-order valence-corrected chi connectivity index (χ0v) is 15.1. The largest absolute Gasteiger partial charge is 0.399 e. The van der Waals surface area contributed by atoms with E-state index in [1.807, 2.05) is 24.3 Å². The van der Waals surface area contributed by atoms with Crippen molar-refractivity contribution in [2.75, 3.05) is 22.9 Å². The average molecular weight is 371 g/mol. The molecule has 144 valence electrons. The van der Waals surface area contributed by atoms with Gasteiger partial charge in [-0.2, -0.15) is 4.98 Å². The molecule has 1 aliphatic carbocycles. The predicted octanol–water partition coefficient (Wildman–Crippen LogP) is 2.51. The number of nitrogens with zero attached hydrogens (tertiary/aromatic N) is 3. The molecular weight excluding hydrogens is 346 g/mol. The quantitative estimate of drug-likeness (QED) is 0.330. The van der Waals surface area contributed by atoms with Crippen molar-refractivity contribution in [3.05, 3.63) is 46.1 Å². The van der Waals surface area contributed by atoms with E-state index in [-0.39, 0.29) is 17.5 Å². The van der Waals surface area contributed by atoms with Crippen molar-refractivity contribution in [2.45, 2.75) is 38.3 Å². The summed E-state index contributed by atoms with van der Waals surface area (Å²) in [4.78, 5) is 19.2. The molecule has 27 heavy (non-hydrogen) atoms. The number of nitrogen functional groups attached to an aromatic ring is 1. The van der Waals surface area contributed by atoms with Crippen LogP contribution in [0.4, 0.5) is 23.1 Å². The number of benzene rings is 1. The summed E-state index contributed by atoms with van der Waals surface area (Å²) in [7, 11) is 0. The van der Waals surface area contributed by atoms with Gasteiger partial charge in [-0.1, -0.05) is 12.1 Å². The summed E-state index contributed by atoms with van der Waals surface area (Å²) >= 11 is 0. The average Bonchev–Trinajstić information content (AvgIpc) is 2.67. The molecule has 1 aromatic carbocycles. The molecule has 0 spiro atoms. The summed E-state index contributed by atoms with van der Waals surface area (Å²) in [6.45, 7) is 1.14. The van der Waals surface area contributed by atoms with E-state index in [4.69, 9.17) is 11.5 Å². The zero-order valence-electron chi connectivity index (χ0n) is 15.1. The number of rotatable bonds is 7. The van der Waals surface area contributed by atoms with Gasteiger partial charge in [-0.3, -0.25) is 10.1 Å². The van der Waals surface area contributed by atoms with Gasteiger partial charge in [-0.15, -0.1) is 0 Å². The maximum Gasteiger partial charge on any atom is 0.329 e. The maximum absolute atomic E-state index is 11.3. The van der Waals surface area contributed by atoms with E-state index in [0.29, 0.717) is 30.6 Å². The van der Waals surface area contributed by atoms with Crippen LogP contribution in [0.5, 0.6) is 0 Å². The number of anilines is 3. The van der Waals surface area contributed by atoms with Crippen LogP contribution in [-0.4, -0.2) is 27.5 Å². The number of nitrogens with two attached hydrogens (primary N) is 2. The van der Waals surface area contributed by atoms with E-state index in [1.165, 1.54) is 6.20 Å². The molecular formula is C18H25N7O2. The van der Waals surface area contributed by atoms with Gasteiger partial charge in [0.05, 0.1) is 4.92 Å². The number of hydrogen-bond donors (Lipinski definition) is 4. The Bertz CT molecular complexity index is 774. The summed E-state index contributed by atoms with van der Waals surface area (Å²) < 4.78 is 0. The van der Waals surface area contributed by atoms with Crippen molar-refractivity contribution in [2.24, 2.45) is 11.7 Å². The number of hydrogen-bond acceptors (Lipinski definition) is 8. The normalized spacial score (nSPS) is 19.4. The first-order valence-corrected chi connectivity index (χ1v) is 9.10. The van der Waals surface area contributed by atoms with Gasteiger partial charge in [0.2, 0.25) is 11.8 Å². The van der Waals surface area contributed by atoms with Crippen molar-refractivity contribution in [1.29, 1.82) is 0 Å². The molecule has 9 nitrogen and oxygen atoms in total. The molecule has 9 heteroatoms. The summed E-state index contributed by atoms with van der Waals surface area (Å²) in [5.41, 5.74) is 13.2. The van der Waals surface area contributed by atoms with E-state index in [2.05, 4.69) is 20.6 Å². The molecule has 1 fully saturated rings. The van der Waals surface area contributed by atoms with Crippen molar-refractivity contribution in [3.63, 3.8) is 0 Å². The van der Waals surface area contributed by atoms with Crippen LogP contribution in [0.15, 0.2) is 30.5 Å². The van der Waals surface area contributed by atoms with E-state index < -0.39 is 4.92 Å². The Hall–Kier alpha value is -2.94. The fraction of sp³-hybridized carbons (Fsp3) is 0.444. The van der Waals surface area contributed by atoms with Crippen LogP contribution in [0, 0.1) is 16.0 Å². The highest BCUT2D eigenvalue weighted by molar-refractivity contribution is 5.57. The minimum atomic E-state index is -0.469. The fourth-order valence-electron chi connectivity index (χ4n) is 3.17. The molecule has 1 heterocycles. The van der Waals surface area contributed by atoms with Crippen LogP contribution in [0.2, 0.25) is 0 Å². The Morgan fingerprint density at radius 1 is 1.15 bits per heavy atom. The molecule has 2 aromatic rings. The van der Waals surface area contributed by atoms with Crippen LogP contribution in [0.1, 0.15) is 31.2 Å². The minimum absolute atomic E-state index is 0.124. The van der Waals surface area contributed by atoms with Gasteiger partial charge in [-0.25, -0.2) is 4.98 Å². The second kappa shape index (κ2) is 8.63. The zero-order chi connectivity index (χ0) is 19.2.